The summed E-state index contributed by atoms with van der Waals surface area (Å²) in [5.74, 6) is -1.33. The molecule has 5 heteroatoms. The summed E-state index contributed by atoms with van der Waals surface area (Å²) < 4.78 is 0. The van der Waals surface area contributed by atoms with Crippen LogP contribution < -0.4 is 5.32 Å². The SMILES string of the molecule is CC(=O)N[C@H](Cc1ccsc1)C(=O)O. The van der Waals surface area contributed by atoms with Gasteiger partial charge in [0.05, 0.1) is 0 Å². The molecule has 0 saturated heterocycles. The summed E-state index contributed by atoms with van der Waals surface area (Å²) in [4.78, 5) is 21.5. The fourth-order valence-electron chi connectivity index (χ4n) is 1.09. The van der Waals surface area contributed by atoms with Crippen LogP contribution >= 0.6 is 11.3 Å². The van der Waals surface area contributed by atoms with E-state index in [1.54, 1.807) is 0 Å². The summed E-state index contributed by atoms with van der Waals surface area (Å²) >= 11 is 1.51. The lowest BCUT2D eigenvalue weighted by Crippen LogP contribution is -2.41. The smallest absolute Gasteiger partial charge is 0.326 e. The van der Waals surface area contributed by atoms with Crippen molar-refractivity contribution in [2.24, 2.45) is 0 Å². The zero-order chi connectivity index (χ0) is 10.6. The zero-order valence-corrected chi connectivity index (χ0v) is 8.50. The summed E-state index contributed by atoms with van der Waals surface area (Å²) in [6.07, 6.45) is 0.332. The Balaban J connectivity index is 2.60. The van der Waals surface area contributed by atoms with Crippen molar-refractivity contribution in [2.45, 2.75) is 19.4 Å². The Hall–Kier alpha value is -1.36. The molecule has 1 heterocycles. The number of hydrogen-bond donors (Lipinski definition) is 2. The number of carboxylic acid groups (broad SMARTS) is 1. The van der Waals surface area contributed by atoms with E-state index in [1.807, 2.05) is 16.8 Å². The number of carboxylic acids is 1. The Kier molecular flexibility index (Phi) is 3.64. The molecule has 1 amide bonds. The Bertz CT molecular complexity index is 321. The molecular weight excluding hydrogens is 202 g/mol. The first-order chi connectivity index (χ1) is 6.59. The summed E-state index contributed by atoms with van der Waals surface area (Å²) in [6, 6.07) is 1.02. The molecule has 1 aromatic heterocycles. The monoisotopic (exact) mass is 213 g/mol. The lowest BCUT2D eigenvalue weighted by Gasteiger charge is -2.11. The summed E-state index contributed by atoms with van der Waals surface area (Å²) in [7, 11) is 0. The summed E-state index contributed by atoms with van der Waals surface area (Å²) in [6.45, 7) is 1.31. The molecule has 0 fully saturated rings. The van der Waals surface area contributed by atoms with E-state index in [4.69, 9.17) is 5.11 Å². The van der Waals surface area contributed by atoms with Crippen molar-refractivity contribution in [2.75, 3.05) is 0 Å². The van der Waals surface area contributed by atoms with E-state index in [0.717, 1.165) is 5.56 Å². The van der Waals surface area contributed by atoms with Gasteiger partial charge in [0.2, 0.25) is 5.91 Å². The standard InChI is InChI=1S/C9H11NO3S/c1-6(11)10-8(9(12)13)4-7-2-3-14-5-7/h2-3,5,8H,4H2,1H3,(H,10,11)(H,12,13)/t8-/m1/s1. The first-order valence-corrected chi connectivity index (χ1v) is 5.05. The Morgan fingerprint density at radius 2 is 2.36 bits per heavy atom. The van der Waals surface area contributed by atoms with Gasteiger partial charge in [0, 0.05) is 13.3 Å². The number of carbonyl (C=O) groups is 2. The molecule has 14 heavy (non-hydrogen) atoms. The maximum Gasteiger partial charge on any atom is 0.326 e. The van der Waals surface area contributed by atoms with Crippen LogP contribution in [0.15, 0.2) is 16.8 Å². The fraction of sp³-hybridized carbons (Fsp3) is 0.333. The second-order valence-electron chi connectivity index (χ2n) is 2.93. The van der Waals surface area contributed by atoms with Gasteiger partial charge in [-0.2, -0.15) is 11.3 Å². The minimum atomic E-state index is -1.01. The highest BCUT2D eigenvalue weighted by Gasteiger charge is 2.18. The average Bonchev–Trinajstić information content (AvgIpc) is 2.54. The first kappa shape index (κ1) is 10.7. The Morgan fingerprint density at radius 1 is 1.64 bits per heavy atom. The molecule has 76 valence electrons. The van der Waals surface area contributed by atoms with E-state index in [1.165, 1.54) is 18.3 Å². The highest BCUT2D eigenvalue weighted by atomic mass is 32.1. The number of carbonyl (C=O) groups excluding carboxylic acids is 1. The van der Waals surface area contributed by atoms with Gasteiger partial charge < -0.3 is 10.4 Å². The number of hydrogen-bond acceptors (Lipinski definition) is 3. The molecular formula is C9H11NO3S. The van der Waals surface area contributed by atoms with E-state index in [2.05, 4.69) is 5.32 Å². The number of thiophene rings is 1. The molecule has 2 N–H and O–H groups in total. The van der Waals surface area contributed by atoms with E-state index in [9.17, 15) is 9.59 Å². The van der Waals surface area contributed by atoms with Gasteiger partial charge in [-0.05, 0) is 22.4 Å². The van der Waals surface area contributed by atoms with E-state index < -0.39 is 12.0 Å². The summed E-state index contributed by atoms with van der Waals surface area (Å²) in [5.41, 5.74) is 0.927. The fourth-order valence-corrected chi connectivity index (χ4v) is 1.77. The van der Waals surface area contributed by atoms with Gasteiger partial charge in [0.15, 0.2) is 0 Å². The molecule has 0 spiro atoms. The van der Waals surface area contributed by atoms with Gasteiger partial charge in [-0.3, -0.25) is 4.79 Å². The lowest BCUT2D eigenvalue weighted by molar-refractivity contribution is -0.141. The van der Waals surface area contributed by atoms with Crippen LogP contribution in [0.4, 0.5) is 0 Å². The predicted molar refractivity (Wildman–Crippen MR) is 53.3 cm³/mol. The minimum Gasteiger partial charge on any atom is -0.480 e. The zero-order valence-electron chi connectivity index (χ0n) is 7.69. The van der Waals surface area contributed by atoms with E-state index in [0.29, 0.717) is 6.42 Å². The van der Waals surface area contributed by atoms with Crippen LogP contribution in [-0.2, 0) is 16.0 Å². The van der Waals surface area contributed by atoms with Crippen molar-refractivity contribution in [3.63, 3.8) is 0 Å². The second-order valence-corrected chi connectivity index (χ2v) is 3.71. The topological polar surface area (TPSA) is 66.4 Å². The molecule has 0 aliphatic heterocycles. The molecule has 0 saturated carbocycles. The van der Waals surface area contributed by atoms with E-state index in [-0.39, 0.29) is 5.91 Å². The third kappa shape index (κ3) is 3.18. The van der Waals surface area contributed by atoms with Crippen molar-refractivity contribution < 1.29 is 14.7 Å². The average molecular weight is 213 g/mol. The van der Waals surface area contributed by atoms with Crippen molar-refractivity contribution >= 4 is 23.2 Å². The van der Waals surface area contributed by atoms with Crippen LogP contribution in [-0.4, -0.2) is 23.0 Å². The largest absolute Gasteiger partial charge is 0.480 e. The van der Waals surface area contributed by atoms with Crippen molar-refractivity contribution in [3.8, 4) is 0 Å². The Morgan fingerprint density at radius 3 is 2.79 bits per heavy atom. The van der Waals surface area contributed by atoms with Crippen LogP contribution in [0.25, 0.3) is 0 Å². The molecule has 1 aromatic rings. The van der Waals surface area contributed by atoms with Crippen LogP contribution in [0, 0.1) is 0 Å². The minimum absolute atomic E-state index is 0.326. The molecule has 0 bridgehead atoms. The highest BCUT2D eigenvalue weighted by Crippen LogP contribution is 2.08. The van der Waals surface area contributed by atoms with Crippen molar-refractivity contribution in [1.29, 1.82) is 0 Å². The molecule has 0 aliphatic rings. The van der Waals surface area contributed by atoms with Crippen LogP contribution in [0.2, 0.25) is 0 Å². The van der Waals surface area contributed by atoms with Gasteiger partial charge in [-0.15, -0.1) is 0 Å². The number of aliphatic carboxylic acids is 1. The molecule has 1 rings (SSSR count). The maximum absolute atomic E-state index is 10.7. The van der Waals surface area contributed by atoms with Gasteiger partial charge >= 0.3 is 5.97 Å². The summed E-state index contributed by atoms with van der Waals surface area (Å²) in [5, 5.41) is 14.9. The van der Waals surface area contributed by atoms with E-state index >= 15 is 0 Å². The number of rotatable bonds is 4. The van der Waals surface area contributed by atoms with Crippen molar-refractivity contribution in [1.82, 2.24) is 5.32 Å². The van der Waals surface area contributed by atoms with Crippen LogP contribution in [0.1, 0.15) is 12.5 Å². The highest BCUT2D eigenvalue weighted by molar-refractivity contribution is 7.07. The molecule has 0 aromatic carbocycles. The van der Waals surface area contributed by atoms with Crippen LogP contribution in [0.3, 0.4) is 0 Å². The third-order valence-corrected chi connectivity index (χ3v) is 2.43. The van der Waals surface area contributed by atoms with Crippen molar-refractivity contribution in [3.05, 3.63) is 22.4 Å². The van der Waals surface area contributed by atoms with Gasteiger partial charge in [0.25, 0.3) is 0 Å². The number of amides is 1. The third-order valence-electron chi connectivity index (χ3n) is 1.70. The lowest BCUT2D eigenvalue weighted by atomic mass is 10.1. The Labute approximate surface area is 85.6 Å². The molecule has 4 nitrogen and oxygen atoms in total. The van der Waals surface area contributed by atoms with Gasteiger partial charge in [-0.25, -0.2) is 4.79 Å². The molecule has 1 atom stereocenters. The molecule has 0 unspecified atom stereocenters. The predicted octanol–water partition coefficient (Wildman–Crippen LogP) is 0.880. The van der Waals surface area contributed by atoms with Crippen LogP contribution in [0.5, 0.6) is 0 Å². The van der Waals surface area contributed by atoms with Gasteiger partial charge in [0.1, 0.15) is 6.04 Å². The first-order valence-electron chi connectivity index (χ1n) is 4.10. The normalized spacial score (nSPS) is 12.1. The quantitative estimate of drug-likeness (QED) is 0.780. The van der Waals surface area contributed by atoms with Gasteiger partial charge in [-0.1, -0.05) is 0 Å². The number of nitrogens with one attached hydrogen (secondary N) is 1. The maximum atomic E-state index is 10.7. The molecule has 0 aliphatic carbocycles. The molecule has 0 radical (unpaired) electrons. The second kappa shape index (κ2) is 4.76.